The van der Waals surface area contributed by atoms with Crippen molar-refractivity contribution in [3.8, 4) is 11.5 Å². The largest absolute Gasteiger partial charge is 0.497 e. The number of rotatable bonds is 7. The van der Waals surface area contributed by atoms with E-state index in [9.17, 15) is 5.11 Å². The Kier molecular flexibility index (Phi) is 4.55. The summed E-state index contributed by atoms with van der Waals surface area (Å²) in [6, 6.07) is 5.89. The van der Waals surface area contributed by atoms with Crippen LogP contribution in [-0.4, -0.2) is 31.9 Å². The highest BCUT2D eigenvalue weighted by Crippen LogP contribution is 2.48. The van der Waals surface area contributed by atoms with E-state index in [1.807, 2.05) is 18.2 Å². The molecule has 0 radical (unpaired) electrons. The fourth-order valence-electron chi connectivity index (χ4n) is 2.37. The van der Waals surface area contributed by atoms with Crippen LogP contribution < -0.4 is 14.8 Å². The maximum Gasteiger partial charge on any atom is 0.124 e. The first kappa shape index (κ1) is 15.1. The smallest absolute Gasteiger partial charge is 0.124 e. The fourth-order valence-corrected chi connectivity index (χ4v) is 2.37. The molecule has 0 aromatic heterocycles. The van der Waals surface area contributed by atoms with Crippen LogP contribution in [-0.2, 0) is 0 Å². The van der Waals surface area contributed by atoms with Gasteiger partial charge in [0.05, 0.1) is 20.3 Å². The monoisotopic (exact) mass is 279 g/mol. The molecular formula is C16H25NO3. The molecule has 2 atom stereocenters. The first-order valence-corrected chi connectivity index (χ1v) is 7.13. The van der Waals surface area contributed by atoms with E-state index in [1.165, 1.54) is 12.8 Å². The molecule has 0 heterocycles. The summed E-state index contributed by atoms with van der Waals surface area (Å²) >= 11 is 0. The number of benzene rings is 1. The zero-order valence-electron chi connectivity index (χ0n) is 12.8. The molecule has 20 heavy (non-hydrogen) atoms. The molecule has 112 valence electrons. The lowest BCUT2D eigenvalue weighted by Crippen LogP contribution is -2.36. The number of aliphatic hydroxyl groups is 1. The first-order valence-electron chi connectivity index (χ1n) is 7.13. The number of aliphatic hydroxyl groups excluding tert-OH is 1. The van der Waals surface area contributed by atoms with Crippen molar-refractivity contribution in [2.24, 2.45) is 5.41 Å². The van der Waals surface area contributed by atoms with Crippen molar-refractivity contribution in [2.75, 3.05) is 20.8 Å². The summed E-state index contributed by atoms with van der Waals surface area (Å²) in [4.78, 5) is 0. The van der Waals surface area contributed by atoms with Crippen molar-refractivity contribution in [3.05, 3.63) is 23.8 Å². The highest BCUT2D eigenvalue weighted by molar-refractivity contribution is 5.41. The molecule has 4 nitrogen and oxygen atoms in total. The molecule has 0 unspecified atom stereocenters. The zero-order chi connectivity index (χ0) is 14.8. The van der Waals surface area contributed by atoms with Gasteiger partial charge in [0.2, 0.25) is 0 Å². The predicted octanol–water partition coefficient (Wildman–Crippen LogP) is 2.52. The summed E-state index contributed by atoms with van der Waals surface area (Å²) in [7, 11) is 3.23. The van der Waals surface area contributed by atoms with Crippen LogP contribution in [0.1, 0.15) is 38.4 Å². The van der Waals surface area contributed by atoms with Gasteiger partial charge in [-0.3, -0.25) is 0 Å². The SMILES string of the molecule is COc1ccc(OC)c([C@H](O)CN[C@@H](C)C2(C)CC2)c1. The minimum atomic E-state index is -0.607. The molecule has 1 aliphatic rings. The summed E-state index contributed by atoms with van der Waals surface area (Å²) < 4.78 is 10.5. The molecule has 0 bridgehead atoms. The average Bonchev–Trinajstić information content (AvgIpc) is 3.22. The van der Waals surface area contributed by atoms with Crippen LogP contribution in [0.5, 0.6) is 11.5 Å². The Morgan fingerprint density at radius 3 is 2.55 bits per heavy atom. The van der Waals surface area contributed by atoms with E-state index >= 15 is 0 Å². The molecule has 1 saturated carbocycles. The van der Waals surface area contributed by atoms with Gasteiger partial charge in [-0.2, -0.15) is 0 Å². The van der Waals surface area contributed by atoms with Crippen molar-refractivity contribution >= 4 is 0 Å². The second kappa shape index (κ2) is 6.02. The van der Waals surface area contributed by atoms with Gasteiger partial charge >= 0.3 is 0 Å². The summed E-state index contributed by atoms with van der Waals surface area (Å²) in [6.45, 7) is 4.98. The van der Waals surface area contributed by atoms with Crippen LogP contribution in [0.15, 0.2) is 18.2 Å². The zero-order valence-corrected chi connectivity index (χ0v) is 12.8. The lowest BCUT2D eigenvalue weighted by atomic mass is 10.00. The van der Waals surface area contributed by atoms with E-state index < -0.39 is 6.10 Å². The van der Waals surface area contributed by atoms with Crippen molar-refractivity contribution < 1.29 is 14.6 Å². The minimum absolute atomic E-state index is 0.401. The second-order valence-corrected chi connectivity index (χ2v) is 5.91. The van der Waals surface area contributed by atoms with Gasteiger partial charge in [0.1, 0.15) is 11.5 Å². The molecule has 4 heteroatoms. The summed E-state index contributed by atoms with van der Waals surface area (Å²) in [5.41, 5.74) is 1.16. The Labute approximate surface area is 121 Å². The molecule has 0 amide bonds. The van der Waals surface area contributed by atoms with Gasteiger partial charge in [0.15, 0.2) is 0 Å². The molecule has 0 aliphatic heterocycles. The van der Waals surface area contributed by atoms with Gasteiger partial charge in [-0.1, -0.05) is 6.92 Å². The first-order chi connectivity index (χ1) is 9.50. The summed E-state index contributed by atoms with van der Waals surface area (Å²) in [5.74, 6) is 1.41. The molecule has 2 rings (SSSR count). The maximum absolute atomic E-state index is 10.4. The number of nitrogens with one attached hydrogen (secondary N) is 1. The third-order valence-corrected chi connectivity index (χ3v) is 4.50. The van der Waals surface area contributed by atoms with Crippen LogP contribution in [0.25, 0.3) is 0 Å². The van der Waals surface area contributed by atoms with E-state index in [4.69, 9.17) is 9.47 Å². The van der Waals surface area contributed by atoms with Crippen LogP contribution in [0.4, 0.5) is 0 Å². The Morgan fingerprint density at radius 2 is 2.00 bits per heavy atom. The number of hydrogen-bond acceptors (Lipinski definition) is 4. The van der Waals surface area contributed by atoms with E-state index in [-0.39, 0.29) is 0 Å². The van der Waals surface area contributed by atoms with Gasteiger partial charge < -0.3 is 19.9 Å². The molecule has 0 saturated heterocycles. The fraction of sp³-hybridized carbons (Fsp3) is 0.625. The molecular weight excluding hydrogens is 254 g/mol. The number of hydrogen-bond donors (Lipinski definition) is 2. The highest BCUT2D eigenvalue weighted by Gasteiger charge is 2.42. The van der Waals surface area contributed by atoms with Crippen LogP contribution in [0, 0.1) is 5.41 Å². The maximum atomic E-state index is 10.4. The molecule has 0 spiro atoms. The van der Waals surface area contributed by atoms with Crippen molar-refractivity contribution in [3.63, 3.8) is 0 Å². The van der Waals surface area contributed by atoms with Gasteiger partial charge in [-0.05, 0) is 43.4 Å². The molecule has 1 aliphatic carbocycles. The predicted molar refractivity (Wildman–Crippen MR) is 79.3 cm³/mol. The highest BCUT2D eigenvalue weighted by atomic mass is 16.5. The normalized spacial score (nSPS) is 19.2. The topological polar surface area (TPSA) is 50.7 Å². The van der Waals surface area contributed by atoms with E-state index in [2.05, 4.69) is 19.2 Å². The van der Waals surface area contributed by atoms with Gasteiger partial charge in [0, 0.05) is 18.2 Å². The van der Waals surface area contributed by atoms with E-state index in [0.29, 0.717) is 23.8 Å². The lowest BCUT2D eigenvalue weighted by Gasteiger charge is -2.23. The Hall–Kier alpha value is -1.26. The third-order valence-electron chi connectivity index (χ3n) is 4.50. The van der Waals surface area contributed by atoms with Crippen molar-refractivity contribution in [2.45, 2.75) is 38.8 Å². The van der Waals surface area contributed by atoms with E-state index in [1.54, 1.807) is 14.2 Å². The van der Waals surface area contributed by atoms with Gasteiger partial charge in [-0.15, -0.1) is 0 Å². The number of ether oxygens (including phenoxy) is 2. The molecule has 1 aromatic rings. The number of methoxy groups -OCH3 is 2. The molecule has 2 N–H and O–H groups in total. The van der Waals surface area contributed by atoms with Gasteiger partial charge in [0.25, 0.3) is 0 Å². The Bertz CT molecular complexity index is 457. The Morgan fingerprint density at radius 1 is 1.30 bits per heavy atom. The standard InChI is InChI=1S/C16H25NO3/c1-11(16(2)7-8-16)17-10-14(18)13-9-12(19-3)5-6-15(13)20-4/h5-6,9,11,14,17-18H,7-8,10H2,1-4H3/t11-,14+/m0/s1. The molecule has 1 aromatic carbocycles. The summed E-state index contributed by atoms with van der Waals surface area (Å²) in [5, 5.41) is 13.8. The molecule has 1 fully saturated rings. The van der Waals surface area contributed by atoms with Crippen molar-refractivity contribution in [1.29, 1.82) is 0 Å². The Balaban J connectivity index is 2.02. The van der Waals surface area contributed by atoms with E-state index in [0.717, 1.165) is 11.3 Å². The van der Waals surface area contributed by atoms with Crippen LogP contribution in [0.2, 0.25) is 0 Å². The summed E-state index contributed by atoms with van der Waals surface area (Å²) in [6.07, 6.45) is 1.92. The van der Waals surface area contributed by atoms with Crippen molar-refractivity contribution in [1.82, 2.24) is 5.32 Å². The third kappa shape index (κ3) is 3.25. The van der Waals surface area contributed by atoms with Crippen LogP contribution in [0.3, 0.4) is 0 Å². The average molecular weight is 279 g/mol. The van der Waals surface area contributed by atoms with Crippen LogP contribution >= 0.6 is 0 Å². The minimum Gasteiger partial charge on any atom is -0.497 e. The quantitative estimate of drug-likeness (QED) is 0.805. The van der Waals surface area contributed by atoms with Gasteiger partial charge in [-0.25, -0.2) is 0 Å². The lowest BCUT2D eigenvalue weighted by molar-refractivity contribution is 0.160. The second-order valence-electron chi connectivity index (χ2n) is 5.91.